The van der Waals surface area contributed by atoms with Gasteiger partial charge in [-0.05, 0) is 48.2 Å². The Labute approximate surface area is 168 Å². The van der Waals surface area contributed by atoms with Crippen molar-refractivity contribution in [1.82, 2.24) is 15.0 Å². The molecule has 6 nitrogen and oxygen atoms in total. The minimum Gasteiger partial charge on any atom is -0.338 e. The summed E-state index contributed by atoms with van der Waals surface area (Å²) in [5, 5.41) is 3.99. The van der Waals surface area contributed by atoms with Gasteiger partial charge < -0.3 is 15.2 Å². The van der Waals surface area contributed by atoms with E-state index in [1.54, 1.807) is 36.4 Å². The number of nitrogens with zero attached hydrogens (tertiary/aromatic N) is 3. The van der Waals surface area contributed by atoms with Crippen molar-refractivity contribution >= 4 is 5.91 Å². The fourth-order valence-corrected chi connectivity index (χ4v) is 3.54. The number of hydrogen-bond acceptors (Lipinski definition) is 5. The number of benzene rings is 2. The molecule has 3 aromatic rings. The predicted molar refractivity (Wildman–Crippen MR) is 107 cm³/mol. The molecule has 2 heterocycles. The van der Waals surface area contributed by atoms with Gasteiger partial charge in [0.25, 0.3) is 11.8 Å². The lowest BCUT2D eigenvalue weighted by atomic mass is 9.79. The van der Waals surface area contributed by atoms with Crippen LogP contribution in [0.25, 0.3) is 22.8 Å². The van der Waals surface area contributed by atoms with E-state index in [0.717, 1.165) is 12.0 Å². The van der Waals surface area contributed by atoms with Gasteiger partial charge in [0.2, 0.25) is 5.82 Å². The van der Waals surface area contributed by atoms with Gasteiger partial charge in [0.15, 0.2) is 0 Å². The van der Waals surface area contributed by atoms with Crippen LogP contribution >= 0.6 is 0 Å². The molecule has 0 saturated carbocycles. The highest BCUT2D eigenvalue weighted by atomic mass is 19.1. The summed E-state index contributed by atoms with van der Waals surface area (Å²) in [6.07, 6.45) is 0.797. The zero-order valence-corrected chi connectivity index (χ0v) is 16.4. The molecule has 1 amide bonds. The van der Waals surface area contributed by atoms with Gasteiger partial charge in [-0.1, -0.05) is 31.1 Å². The Morgan fingerprint density at radius 3 is 2.45 bits per heavy atom. The average molecular weight is 394 g/mol. The highest BCUT2D eigenvalue weighted by molar-refractivity contribution is 5.94. The molecule has 0 bridgehead atoms. The van der Waals surface area contributed by atoms with Crippen molar-refractivity contribution in [3.05, 3.63) is 59.9 Å². The molecule has 150 valence electrons. The fraction of sp³-hybridized carbons (Fsp3) is 0.318. The molecule has 2 N–H and O–H groups in total. The number of amides is 1. The number of halogens is 1. The molecule has 1 saturated heterocycles. The van der Waals surface area contributed by atoms with E-state index in [-0.39, 0.29) is 23.2 Å². The van der Waals surface area contributed by atoms with E-state index >= 15 is 0 Å². The third-order valence-corrected chi connectivity index (χ3v) is 5.51. The molecule has 1 aromatic heterocycles. The van der Waals surface area contributed by atoms with Crippen LogP contribution in [0.2, 0.25) is 0 Å². The molecule has 1 unspecified atom stereocenters. The summed E-state index contributed by atoms with van der Waals surface area (Å²) in [5.41, 5.74) is 8.06. The first-order valence-corrected chi connectivity index (χ1v) is 9.58. The number of aromatic nitrogens is 2. The van der Waals surface area contributed by atoms with E-state index in [9.17, 15) is 9.18 Å². The van der Waals surface area contributed by atoms with Crippen molar-refractivity contribution in [3.8, 4) is 22.8 Å². The molecule has 2 aromatic carbocycles. The highest BCUT2D eigenvalue weighted by Crippen LogP contribution is 2.29. The molecule has 0 spiro atoms. The maximum absolute atomic E-state index is 13.1. The Morgan fingerprint density at radius 2 is 1.79 bits per heavy atom. The highest BCUT2D eigenvalue weighted by Gasteiger charge is 2.35. The molecule has 4 rings (SSSR count). The summed E-state index contributed by atoms with van der Waals surface area (Å²) in [5.74, 6) is 0.393. The number of likely N-dealkylation sites (tertiary alicyclic amines) is 1. The molecule has 0 aliphatic carbocycles. The second kappa shape index (κ2) is 7.40. The monoisotopic (exact) mass is 394 g/mol. The normalized spacial score (nSPS) is 18.6. The molecule has 0 radical (unpaired) electrons. The van der Waals surface area contributed by atoms with Crippen LogP contribution in [0.3, 0.4) is 0 Å². The van der Waals surface area contributed by atoms with Crippen LogP contribution in [0.1, 0.15) is 30.6 Å². The van der Waals surface area contributed by atoms with E-state index in [2.05, 4.69) is 24.0 Å². The predicted octanol–water partition coefficient (Wildman–Crippen LogP) is 3.74. The van der Waals surface area contributed by atoms with Gasteiger partial charge in [0.05, 0.1) is 0 Å². The second-order valence-corrected chi connectivity index (χ2v) is 8.12. The number of carbonyl (C=O) groups excluding carboxylic acids is 1. The maximum atomic E-state index is 13.1. The van der Waals surface area contributed by atoms with Gasteiger partial charge in [0, 0.05) is 35.8 Å². The molecule has 1 atom stereocenters. The Kier molecular flexibility index (Phi) is 4.92. The number of piperidine rings is 1. The van der Waals surface area contributed by atoms with Crippen molar-refractivity contribution in [2.24, 2.45) is 11.1 Å². The zero-order chi connectivity index (χ0) is 20.6. The third kappa shape index (κ3) is 3.91. The van der Waals surface area contributed by atoms with Crippen LogP contribution in [-0.2, 0) is 0 Å². The largest absolute Gasteiger partial charge is 0.338 e. The Bertz CT molecular complexity index is 1010. The maximum Gasteiger partial charge on any atom is 0.258 e. The lowest BCUT2D eigenvalue weighted by molar-refractivity contribution is 0.0533. The van der Waals surface area contributed by atoms with Gasteiger partial charge in [-0.15, -0.1) is 0 Å². The smallest absolute Gasteiger partial charge is 0.258 e. The first kappa shape index (κ1) is 19.3. The molecular formula is C22H23FN4O2. The SMILES string of the molecule is CC1(C)CN(C(=O)c2ccc(-c3noc(-c4ccc(F)cc4)n3)cc2)CCC1N. The first-order valence-electron chi connectivity index (χ1n) is 9.58. The summed E-state index contributed by atoms with van der Waals surface area (Å²) in [6.45, 7) is 5.49. The average Bonchev–Trinajstić information content (AvgIpc) is 3.20. The van der Waals surface area contributed by atoms with E-state index in [1.807, 2.05) is 4.90 Å². The van der Waals surface area contributed by atoms with E-state index in [0.29, 0.717) is 35.9 Å². The first-order chi connectivity index (χ1) is 13.8. The number of nitrogens with two attached hydrogens (primary N) is 1. The minimum absolute atomic E-state index is 0.00311. The molecule has 1 aliphatic heterocycles. The summed E-state index contributed by atoms with van der Waals surface area (Å²) in [7, 11) is 0. The Balaban J connectivity index is 1.50. The summed E-state index contributed by atoms with van der Waals surface area (Å²) in [6, 6.07) is 13.1. The quantitative estimate of drug-likeness (QED) is 0.731. The second-order valence-electron chi connectivity index (χ2n) is 8.12. The van der Waals surface area contributed by atoms with E-state index < -0.39 is 0 Å². The minimum atomic E-state index is -0.326. The third-order valence-electron chi connectivity index (χ3n) is 5.51. The van der Waals surface area contributed by atoms with Gasteiger partial charge >= 0.3 is 0 Å². The van der Waals surface area contributed by atoms with Crippen molar-refractivity contribution in [3.63, 3.8) is 0 Å². The topological polar surface area (TPSA) is 85.2 Å². The number of carbonyl (C=O) groups is 1. The van der Waals surface area contributed by atoms with Gasteiger partial charge in [-0.25, -0.2) is 4.39 Å². The van der Waals surface area contributed by atoms with Crippen LogP contribution in [0.4, 0.5) is 4.39 Å². The summed E-state index contributed by atoms with van der Waals surface area (Å²) in [4.78, 5) is 19.1. The van der Waals surface area contributed by atoms with Crippen LogP contribution < -0.4 is 5.73 Å². The van der Waals surface area contributed by atoms with Crippen LogP contribution in [0.5, 0.6) is 0 Å². The fourth-order valence-electron chi connectivity index (χ4n) is 3.54. The van der Waals surface area contributed by atoms with Gasteiger partial charge in [0.1, 0.15) is 5.82 Å². The van der Waals surface area contributed by atoms with Crippen molar-refractivity contribution in [2.75, 3.05) is 13.1 Å². The van der Waals surface area contributed by atoms with Crippen molar-refractivity contribution in [2.45, 2.75) is 26.3 Å². The molecule has 7 heteroatoms. The van der Waals surface area contributed by atoms with Crippen LogP contribution in [-0.4, -0.2) is 40.1 Å². The lowest BCUT2D eigenvalue weighted by Gasteiger charge is -2.42. The lowest BCUT2D eigenvalue weighted by Crippen LogP contribution is -2.53. The van der Waals surface area contributed by atoms with E-state index in [1.165, 1.54) is 12.1 Å². The van der Waals surface area contributed by atoms with Crippen LogP contribution in [0, 0.1) is 11.2 Å². The molecular weight excluding hydrogens is 371 g/mol. The van der Waals surface area contributed by atoms with Crippen molar-refractivity contribution in [1.29, 1.82) is 0 Å². The van der Waals surface area contributed by atoms with Crippen LogP contribution in [0.15, 0.2) is 53.1 Å². The van der Waals surface area contributed by atoms with Gasteiger partial charge in [-0.3, -0.25) is 4.79 Å². The Morgan fingerprint density at radius 1 is 1.14 bits per heavy atom. The van der Waals surface area contributed by atoms with E-state index in [4.69, 9.17) is 10.3 Å². The standard InChI is InChI=1S/C22H23FN4O2/c1-22(2)13-27(12-11-18(22)24)21(28)16-5-3-14(4-6-16)19-25-20(29-26-19)15-7-9-17(23)10-8-15/h3-10,18H,11-13,24H2,1-2H3. The molecule has 1 aliphatic rings. The summed E-state index contributed by atoms with van der Waals surface area (Å²) < 4.78 is 18.3. The molecule has 29 heavy (non-hydrogen) atoms. The number of hydrogen-bond donors (Lipinski definition) is 1. The van der Waals surface area contributed by atoms with Crippen molar-refractivity contribution < 1.29 is 13.7 Å². The zero-order valence-electron chi connectivity index (χ0n) is 16.4. The Hall–Kier alpha value is -3.06. The summed E-state index contributed by atoms with van der Waals surface area (Å²) >= 11 is 0. The van der Waals surface area contributed by atoms with Gasteiger partial charge in [-0.2, -0.15) is 4.98 Å². The number of rotatable bonds is 3. The molecule has 1 fully saturated rings.